The molecular weight excluding hydrogens is 621 g/mol. The zero-order chi connectivity index (χ0) is 30.0. The minimum Gasteiger partial charge on any atom is -0.545 e. The van der Waals surface area contributed by atoms with Gasteiger partial charge in [-0.2, -0.15) is 0 Å². The summed E-state index contributed by atoms with van der Waals surface area (Å²) in [7, 11) is 0. The van der Waals surface area contributed by atoms with E-state index in [2.05, 4.69) is 0 Å². The van der Waals surface area contributed by atoms with Crippen LogP contribution in [0.3, 0.4) is 0 Å². The summed E-state index contributed by atoms with van der Waals surface area (Å²) in [6.07, 6.45) is 1.16. The Bertz CT molecular complexity index is 1640. The number of pyridine rings is 1. The molecule has 0 bridgehead atoms. The van der Waals surface area contributed by atoms with Crippen molar-refractivity contribution in [3.05, 3.63) is 50.5 Å². The SMILES string of the molecule is C[C@@H](O)[C@H]1C(=O)N2C(C(=O)[O-])=C(COC(=O)N3CCN(c4cc5c(cc4F)c(=O)c(C(=O)[O-])cn5C4CC4)CC3)S[C@H]12.[Na+].[Na+]. The topological polar surface area (TPSA) is 176 Å². The number of rotatable bonds is 7. The number of carboxylic acids is 2. The third-order valence-electron chi connectivity index (χ3n) is 8.03. The standard InChI is InChI=1S/C27H27FN4O9S.2Na/c1-12(33)20-23(35)32-21(26(38)39)19(42-24(20)32)11-41-27(40)30-6-4-29(5-7-30)18-9-17-14(8-16(18)28)22(34)15(25(36)37)10-31(17)13-2-3-13;;/h8-10,12-13,20,24,33H,2-7,11H2,1H3,(H,36,37)(H,38,39);;/q;2*+1/p-2/t12-,20+,24-;;/m1../s1. The van der Waals surface area contributed by atoms with Gasteiger partial charge < -0.3 is 44.0 Å². The predicted molar refractivity (Wildman–Crippen MR) is 141 cm³/mol. The predicted octanol–water partition coefficient (Wildman–Crippen LogP) is -7.02. The maximum absolute atomic E-state index is 15.2. The molecule has 3 atom stereocenters. The third-order valence-corrected chi connectivity index (χ3v) is 9.37. The van der Waals surface area contributed by atoms with Crippen LogP contribution in [0.15, 0.2) is 33.7 Å². The number of ether oxygens (including phenoxy) is 1. The van der Waals surface area contributed by atoms with Gasteiger partial charge in [-0.05, 0) is 31.9 Å². The Morgan fingerprint density at radius 2 is 1.75 bits per heavy atom. The molecule has 222 valence electrons. The molecule has 44 heavy (non-hydrogen) atoms. The average Bonchev–Trinajstić information content (AvgIpc) is 3.73. The fourth-order valence-electron chi connectivity index (χ4n) is 5.69. The van der Waals surface area contributed by atoms with Gasteiger partial charge in [0, 0.05) is 43.8 Å². The molecule has 4 aliphatic rings. The van der Waals surface area contributed by atoms with E-state index < -0.39 is 64.8 Å². The maximum Gasteiger partial charge on any atom is 1.00 e. The molecule has 3 aliphatic heterocycles. The molecular formula is C27H25FN4Na2O9S. The first-order chi connectivity index (χ1) is 20.0. The van der Waals surface area contributed by atoms with Crippen LogP contribution in [0.5, 0.6) is 0 Å². The second kappa shape index (κ2) is 13.3. The van der Waals surface area contributed by atoms with Crippen LogP contribution < -0.4 is 79.7 Å². The van der Waals surface area contributed by atoms with Gasteiger partial charge in [0.15, 0.2) is 5.43 Å². The largest absolute Gasteiger partial charge is 1.00 e. The number of thioether (sulfide) groups is 1. The summed E-state index contributed by atoms with van der Waals surface area (Å²) in [5.41, 5.74) is -1.08. The minimum atomic E-state index is -1.62. The molecule has 0 radical (unpaired) electrons. The number of anilines is 1. The first-order valence-corrected chi connectivity index (χ1v) is 14.2. The maximum atomic E-state index is 15.2. The fraction of sp³-hybridized carbons (Fsp3) is 0.444. The van der Waals surface area contributed by atoms with Crippen molar-refractivity contribution in [2.75, 3.05) is 37.7 Å². The molecule has 2 amide bonds. The Hall–Kier alpha value is -2.11. The average molecular weight is 647 g/mol. The molecule has 1 aromatic carbocycles. The first kappa shape index (κ1) is 34.8. The zero-order valence-electron chi connectivity index (χ0n) is 24.3. The van der Waals surface area contributed by atoms with E-state index in [-0.39, 0.29) is 113 Å². The Labute approximate surface area is 298 Å². The van der Waals surface area contributed by atoms with E-state index in [0.717, 1.165) is 35.6 Å². The number of fused-ring (bicyclic) bond motifs is 2. The van der Waals surface area contributed by atoms with Crippen molar-refractivity contribution in [1.82, 2.24) is 14.4 Å². The van der Waals surface area contributed by atoms with Crippen LogP contribution in [-0.2, 0) is 14.3 Å². The number of carbonyl (C=O) groups is 4. The molecule has 17 heteroatoms. The number of nitrogens with zero attached hydrogens (tertiary/aromatic N) is 4. The van der Waals surface area contributed by atoms with Crippen molar-refractivity contribution < 1.29 is 103 Å². The summed E-state index contributed by atoms with van der Waals surface area (Å²) >= 11 is 1.03. The summed E-state index contributed by atoms with van der Waals surface area (Å²) in [5, 5.41) is 32.4. The van der Waals surface area contributed by atoms with Crippen molar-refractivity contribution in [2.45, 2.75) is 37.3 Å². The van der Waals surface area contributed by atoms with Gasteiger partial charge in [0.05, 0.1) is 51.3 Å². The van der Waals surface area contributed by atoms with Crippen LogP contribution in [0, 0.1) is 11.7 Å². The molecule has 2 aromatic rings. The van der Waals surface area contributed by atoms with Crippen LogP contribution in [0.4, 0.5) is 14.9 Å². The van der Waals surface area contributed by atoms with E-state index >= 15 is 4.39 Å². The molecule has 1 aliphatic carbocycles. The van der Waals surface area contributed by atoms with Gasteiger partial charge >= 0.3 is 65.2 Å². The number of hydrogen-bond acceptors (Lipinski definition) is 11. The van der Waals surface area contributed by atoms with Crippen molar-refractivity contribution in [1.29, 1.82) is 0 Å². The second-order valence-corrected chi connectivity index (χ2v) is 11.9. The number of β-lactam (4-membered cyclic amide) rings is 1. The summed E-state index contributed by atoms with van der Waals surface area (Å²) < 4.78 is 22.3. The summed E-state index contributed by atoms with van der Waals surface area (Å²) in [6, 6.07) is 2.56. The van der Waals surface area contributed by atoms with Crippen LogP contribution >= 0.6 is 11.8 Å². The van der Waals surface area contributed by atoms with E-state index in [4.69, 9.17) is 4.74 Å². The van der Waals surface area contributed by atoms with Crippen molar-refractivity contribution in [2.24, 2.45) is 5.92 Å². The molecule has 4 heterocycles. The van der Waals surface area contributed by atoms with Gasteiger partial charge in [0.25, 0.3) is 0 Å². The third kappa shape index (κ3) is 6.05. The fourth-order valence-corrected chi connectivity index (χ4v) is 7.21. The molecule has 0 spiro atoms. The second-order valence-electron chi connectivity index (χ2n) is 10.7. The van der Waals surface area contributed by atoms with Crippen LogP contribution in [0.1, 0.15) is 36.2 Å². The van der Waals surface area contributed by atoms with Crippen molar-refractivity contribution in [3.8, 4) is 0 Å². The summed E-state index contributed by atoms with van der Waals surface area (Å²) in [4.78, 5) is 65.3. The molecule has 1 saturated carbocycles. The van der Waals surface area contributed by atoms with Gasteiger partial charge in [0.1, 0.15) is 17.8 Å². The van der Waals surface area contributed by atoms with E-state index in [0.29, 0.717) is 5.52 Å². The molecule has 0 unspecified atom stereocenters. The summed E-state index contributed by atoms with van der Waals surface area (Å²) in [6.45, 7) is 1.82. The summed E-state index contributed by atoms with van der Waals surface area (Å²) in [5.74, 6) is -5.21. The van der Waals surface area contributed by atoms with Gasteiger partial charge in [-0.15, -0.1) is 0 Å². The van der Waals surface area contributed by atoms with E-state index in [1.807, 2.05) is 0 Å². The number of amides is 2. The van der Waals surface area contributed by atoms with E-state index in [1.54, 1.807) is 9.47 Å². The Morgan fingerprint density at radius 3 is 2.32 bits per heavy atom. The van der Waals surface area contributed by atoms with Gasteiger partial charge in [-0.3, -0.25) is 14.5 Å². The number of aliphatic hydroxyl groups is 1. The first-order valence-electron chi connectivity index (χ1n) is 13.4. The Balaban J connectivity index is 0.00000221. The van der Waals surface area contributed by atoms with Crippen molar-refractivity contribution in [3.63, 3.8) is 0 Å². The van der Waals surface area contributed by atoms with Gasteiger partial charge in [-0.1, -0.05) is 11.8 Å². The molecule has 1 N–H and O–H groups in total. The number of halogens is 1. The van der Waals surface area contributed by atoms with E-state index in [9.17, 15) is 39.3 Å². The van der Waals surface area contributed by atoms with Crippen LogP contribution in [0.25, 0.3) is 10.9 Å². The number of carbonyl (C=O) groups excluding carboxylic acids is 4. The zero-order valence-corrected chi connectivity index (χ0v) is 29.1. The van der Waals surface area contributed by atoms with E-state index in [1.165, 1.54) is 24.1 Å². The van der Waals surface area contributed by atoms with Crippen molar-refractivity contribution >= 4 is 52.3 Å². The quantitative estimate of drug-likeness (QED) is 0.224. The number of aromatic nitrogens is 1. The molecule has 1 aromatic heterocycles. The normalized spacial score (nSPS) is 21.7. The monoisotopic (exact) mass is 646 g/mol. The van der Waals surface area contributed by atoms with Crippen LogP contribution in [-0.4, -0.2) is 87.7 Å². The van der Waals surface area contributed by atoms with Gasteiger partial charge in [-0.25, -0.2) is 9.18 Å². The van der Waals surface area contributed by atoms with Gasteiger partial charge in [0.2, 0.25) is 5.91 Å². The number of piperazine rings is 1. The number of aliphatic carboxylic acids is 1. The molecule has 2 saturated heterocycles. The number of aromatic carboxylic acids is 1. The number of aliphatic hydroxyl groups excluding tert-OH is 1. The smallest absolute Gasteiger partial charge is 0.545 e. The molecule has 3 fully saturated rings. The van der Waals surface area contributed by atoms with Crippen LogP contribution in [0.2, 0.25) is 0 Å². The molecule has 13 nitrogen and oxygen atoms in total. The number of hydrogen-bond donors (Lipinski definition) is 1. The Morgan fingerprint density at radius 1 is 1.09 bits per heavy atom. The number of carboxylic acid groups (broad SMARTS) is 2. The Kier molecular flexibility index (Phi) is 10.5. The minimum absolute atomic E-state index is 0. The number of benzene rings is 1. The molecule has 6 rings (SSSR count).